The van der Waals surface area contributed by atoms with Crippen LogP contribution in [0.2, 0.25) is 0 Å². The van der Waals surface area contributed by atoms with Crippen molar-refractivity contribution in [1.82, 2.24) is 25.9 Å². The number of carbonyl (C=O) groups excluding carboxylic acids is 4. The molecule has 3 rings (SSSR count). The molecule has 0 bridgehead atoms. The van der Waals surface area contributed by atoms with Crippen LogP contribution < -0.4 is 43.2 Å². The highest BCUT2D eigenvalue weighted by molar-refractivity contribution is 6.04. The summed E-state index contributed by atoms with van der Waals surface area (Å²) in [6.07, 6.45) is 5.48. The second-order valence-electron chi connectivity index (χ2n) is 10.2. The number of aliphatic imine (C=N–C) groups is 1. The molecule has 0 aliphatic carbocycles. The van der Waals surface area contributed by atoms with Crippen molar-refractivity contribution in [3.63, 3.8) is 0 Å². The van der Waals surface area contributed by atoms with Gasteiger partial charge in [-0.15, -0.1) is 0 Å². The fourth-order valence-corrected chi connectivity index (χ4v) is 4.13. The molecule has 0 spiro atoms. The Morgan fingerprint density at radius 2 is 1.95 bits per heavy atom. The molecule has 0 saturated carbocycles. The lowest BCUT2D eigenvalue weighted by Crippen LogP contribution is -2.56. The van der Waals surface area contributed by atoms with Crippen molar-refractivity contribution in [2.24, 2.45) is 28.1 Å². The molecule has 42 heavy (non-hydrogen) atoms. The number of carbonyl (C=O) groups is 4. The third kappa shape index (κ3) is 9.69. The Labute approximate surface area is 243 Å². The van der Waals surface area contributed by atoms with Gasteiger partial charge in [0.1, 0.15) is 30.1 Å². The summed E-state index contributed by atoms with van der Waals surface area (Å²) in [5.74, 6) is -1.82. The number of nitrogens with zero attached hydrogens (tertiary/aromatic N) is 3. The summed E-state index contributed by atoms with van der Waals surface area (Å²) in [5, 5.41) is 11.0. The minimum Gasteiger partial charge on any atom is -0.491 e. The van der Waals surface area contributed by atoms with E-state index in [4.69, 9.17) is 21.9 Å². The van der Waals surface area contributed by atoms with Crippen molar-refractivity contribution in [2.45, 2.75) is 51.2 Å². The smallest absolute Gasteiger partial charge is 0.275 e. The molecule has 3 atom stereocenters. The van der Waals surface area contributed by atoms with Crippen LogP contribution in [0.15, 0.2) is 41.8 Å². The minimum atomic E-state index is -1.13. The summed E-state index contributed by atoms with van der Waals surface area (Å²) < 4.78 is 6.04. The van der Waals surface area contributed by atoms with Crippen molar-refractivity contribution in [3.8, 4) is 5.75 Å². The zero-order valence-corrected chi connectivity index (χ0v) is 23.6. The van der Waals surface area contributed by atoms with Crippen LogP contribution in [0.4, 0.5) is 5.69 Å². The number of guanidine groups is 1. The summed E-state index contributed by atoms with van der Waals surface area (Å²) >= 11 is 0. The van der Waals surface area contributed by atoms with E-state index in [2.05, 4.69) is 36.2 Å². The van der Waals surface area contributed by atoms with Gasteiger partial charge >= 0.3 is 0 Å². The Morgan fingerprint density at radius 3 is 2.64 bits per heavy atom. The minimum absolute atomic E-state index is 0.00100. The number of nitrogens with one attached hydrogen (secondary N) is 4. The predicted molar refractivity (Wildman–Crippen MR) is 155 cm³/mol. The molecule has 4 amide bonds. The number of hydrogen-bond acceptors (Lipinski definition) is 9. The van der Waals surface area contributed by atoms with Gasteiger partial charge in [-0.05, 0) is 43.4 Å². The number of aromatic nitrogens is 2. The SMILES string of the molecule is CC(C)C[C@@H]1NC(=O)[C@@H](N)CNC(=O)c2cc(NC(=O)c3cnccn3)ccc2OCC(CCCN=C(N)N)NC1=O. The largest absolute Gasteiger partial charge is 0.491 e. The number of rotatable bonds is 8. The van der Waals surface area contributed by atoms with Gasteiger partial charge < -0.3 is 43.2 Å². The Bertz CT molecular complexity index is 1280. The molecule has 0 fully saturated rings. The van der Waals surface area contributed by atoms with Crippen molar-refractivity contribution in [2.75, 3.05) is 25.0 Å². The maximum atomic E-state index is 13.3. The standard InChI is InChI=1S/C27H38N10O5/c1-15(2)10-20-25(40)36-17(4-3-7-33-27(29)30)14-42-22-6-5-16(35-26(41)21-13-31-8-9-32-21)11-18(22)23(38)34-12-19(28)24(39)37-20/h5-6,8-9,11,13,15,17,19-20H,3-4,7,10,12,14,28H2,1-2H3,(H,34,38)(H,35,41)(H,36,40)(H,37,39)(H4,29,30,33)/t17?,19-,20-/m0/s1. The first-order valence-corrected chi connectivity index (χ1v) is 13.6. The van der Waals surface area contributed by atoms with Gasteiger partial charge in [0.2, 0.25) is 11.8 Å². The van der Waals surface area contributed by atoms with Crippen LogP contribution in [-0.2, 0) is 9.59 Å². The second kappa shape index (κ2) is 15.3. The maximum Gasteiger partial charge on any atom is 0.275 e. The molecule has 1 aliphatic heterocycles. The zero-order valence-electron chi connectivity index (χ0n) is 23.6. The Balaban J connectivity index is 1.89. The summed E-state index contributed by atoms with van der Waals surface area (Å²) in [6, 6.07) is 2.05. The summed E-state index contributed by atoms with van der Waals surface area (Å²) in [5.41, 5.74) is 17.4. The van der Waals surface area contributed by atoms with Crippen LogP contribution in [0.1, 0.15) is 54.0 Å². The van der Waals surface area contributed by atoms with Gasteiger partial charge in [-0.2, -0.15) is 0 Å². The lowest BCUT2D eigenvalue weighted by Gasteiger charge is -2.26. The Hall–Kier alpha value is -4.79. The monoisotopic (exact) mass is 582 g/mol. The average molecular weight is 583 g/mol. The topological polar surface area (TPSA) is 242 Å². The van der Waals surface area contributed by atoms with E-state index in [-0.39, 0.29) is 47.9 Å². The van der Waals surface area contributed by atoms with E-state index >= 15 is 0 Å². The first-order valence-electron chi connectivity index (χ1n) is 13.6. The number of anilines is 1. The molecule has 0 radical (unpaired) electrons. The van der Waals surface area contributed by atoms with E-state index in [0.717, 1.165) is 0 Å². The number of hydrogen-bond donors (Lipinski definition) is 7. The van der Waals surface area contributed by atoms with Crippen molar-refractivity contribution < 1.29 is 23.9 Å². The summed E-state index contributed by atoms with van der Waals surface area (Å²) in [4.78, 5) is 63.8. The first-order chi connectivity index (χ1) is 20.0. The number of fused-ring (bicyclic) bond motifs is 1. The molecule has 226 valence electrons. The van der Waals surface area contributed by atoms with Crippen LogP contribution in [0.25, 0.3) is 0 Å². The lowest BCUT2D eigenvalue weighted by molar-refractivity contribution is -0.130. The molecular formula is C27H38N10O5. The summed E-state index contributed by atoms with van der Waals surface area (Å²) in [6.45, 7) is 4.00. The fraction of sp³-hybridized carbons (Fsp3) is 0.444. The van der Waals surface area contributed by atoms with E-state index in [0.29, 0.717) is 31.5 Å². The van der Waals surface area contributed by atoms with Crippen molar-refractivity contribution in [1.29, 1.82) is 0 Å². The van der Waals surface area contributed by atoms with Crippen LogP contribution in [-0.4, -0.2) is 77.4 Å². The summed E-state index contributed by atoms with van der Waals surface area (Å²) in [7, 11) is 0. The highest BCUT2D eigenvalue weighted by Gasteiger charge is 2.28. The maximum absolute atomic E-state index is 13.3. The van der Waals surface area contributed by atoms with Gasteiger partial charge in [0.25, 0.3) is 11.8 Å². The molecule has 15 heteroatoms. The van der Waals surface area contributed by atoms with E-state index in [9.17, 15) is 19.2 Å². The third-order valence-corrected chi connectivity index (χ3v) is 6.23. The van der Waals surface area contributed by atoms with Crippen molar-refractivity contribution >= 4 is 35.3 Å². The molecule has 2 heterocycles. The van der Waals surface area contributed by atoms with Crippen LogP contribution in [0.5, 0.6) is 5.75 Å². The fourth-order valence-electron chi connectivity index (χ4n) is 4.13. The molecule has 15 nitrogen and oxygen atoms in total. The highest BCUT2D eigenvalue weighted by atomic mass is 16.5. The predicted octanol–water partition coefficient (Wildman–Crippen LogP) is -0.752. The van der Waals surface area contributed by atoms with Gasteiger partial charge in [0.05, 0.1) is 17.8 Å². The quantitative estimate of drug-likeness (QED) is 0.117. The van der Waals surface area contributed by atoms with Gasteiger partial charge in [0, 0.05) is 31.2 Å². The number of benzene rings is 1. The lowest BCUT2D eigenvalue weighted by atomic mass is 10.0. The third-order valence-electron chi connectivity index (χ3n) is 6.23. The molecular weight excluding hydrogens is 544 g/mol. The highest BCUT2D eigenvalue weighted by Crippen LogP contribution is 2.24. The molecule has 1 aromatic heterocycles. The number of nitrogens with two attached hydrogens (primary N) is 3. The van der Waals surface area contributed by atoms with Gasteiger partial charge in [-0.3, -0.25) is 29.2 Å². The Morgan fingerprint density at radius 1 is 1.17 bits per heavy atom. The van der Waals surface area contributed by atoms with E-state index in [1.165, 1.54) is 30.7 Å². The molecule has 2 aromatic rings. The van der Waals surface area contributed by atoms with E-state index in [1.807, 2.05) is 13.8 Å². The average Bonchev–Trinajstić information content (AvgIpc) is 2.95. The molecule has 1 unspecified atom stereocenters. The number of amides is 4. The Kier molecular flexibility index (Phi) is 11.5. The van der Waals surface area contributed by atoms with Gasteiger partial charge in [0.15, 0.2) is 5.96 Å². The van der Waals surface area contributed by atoms with E-state index in [1.54, 1.807) is 6.07 Å². The van der Waals surface area contributed by atoms with Gasteiger partial charge in [-0.1, -0.05) is 13.8 Å². The number of ether oxygens (including phenoxy) is 1. The first kappa shape index (κ1) is 31.7. The molecule has 1 aliphatic rings. The van der Waals surface area contributed by atoms with Crippen molar-refractivity contribution in [3.05, 3.63) is 48.0 Å². The second-order valence-corrected chi connectivity index (χ2v) is 10.2. The molecule has 0 saturated heterocycles. The van der Waals surface area contributed by atoms with Gasteiger partial charge in [-0.25, -0.2) is 4.98 Å². The van der Waals surface area contributed by atoms with Crippen LogP contribution >= 0.6 is 0 Å². The molecule has 1 aromatic carbocycles. The molecule has 10 N–H and O–H groups in total. The van der Waals surface area contributed by atoms with Crippen LogP contribution in [0.3, 0.4) is 0 Å². The van der Waals surface area contributed by atoms with E-state index < -0.39 is 35.8 Å². The zero-order chi connectivity index (χ0) is 30.6. The normalized spacial score (nSPS) is 19.7. The van der Waals surface area contributed by atoms with Crippen LogP contribution in [0, 0.1) is 5.92 Å².